The van der Waals surface area contributed by atoms with Crippen LogP contribution in [0.15, 0.2) is 48.5 Å². The summed E-state index contributed by atoms with van der Waals surface area (Å²) in [6.45, 7) is 1.28. The number of ether oxygens (including phenoxy) is 2. The van der Waals surface area contributed by atoms with E-state index in [0.29, 0.717) is 11.4 Å². The van der Waals surface area contributed by atoms with Crippen molar-refractivity contribution in [2.45, 2.75) is 13.3 Å². The average Bonchev–Trinajstić information content (AvgIpc) is 2.70. The van der Waals surface area contributed by atoms with Gasteiger partial charge in [0.2, 0.25) is 5.91 Å². The molecule has 2 N–H and O–H groups in total. The van der Waals surface area contributed by atoms with E-state index in [2.05, 4.69) is 10.6 Å². The highest BCUT2D eigenvalue weighted by molar-refractivity contribution is 5.96. The number of aryl methyl sites for hydroxylation is 1. The van der Waals surface area contributed by atoms with Crippen LogP contribution in [0.2, 0.25) is 0 Å². The minimum absolute atomic E-state index is 0.219. The number of nitrogens with one attached hydrogen (secondary N) is 2. The second-order valence-corrected chi connectivity index (χ2v) is 5.61. The zero-order valence-corrected chi connectivity index (χ0v) is 15.3. The van der Waals surface area contributed by atoms with Crippen molar-refractivity contribution >= 4 is 23.5 Å². The number of rotatable bonds is 8. The summed E-state index contributed by atoms with van der Waals surface area (Å²) in [7, 11) is 1.44. The zero-order valence-electron chi connectivity index (χ0n) is 15.3. The van der Waals surface area contributed by atoms with Crippen LogP contribution in [-0.2, 0) is 20.7 Å². The molecule has 0 spiro atoms. The molecular formula is C20H22N2O5. The lowest BCUT2D eigenvalue weighted by Crippen LogP contribution is -2.35. The van der Waals surface area contributed by atoms with Gasteiger partial charge in [0, 0.05) is 5.69 Å². The van der Waals surface area contributed by atoms with Crippen LogP contribution >= 0.6 is 0 Å². The number of esters is 1. The van der Waals surface area contributed by atoms with Crippen molar-refractivity contribution in [1.82, 2.24) is 5.32 Å². The molecule has 0 radical (unpaired) electrons. The van der Waals surface area contributed by atoms with E-state index in [0.717, 1.165) is 12.0 Å². The fourth-order valence-electron chi connectivity index (χ4n) is 2.40. The first-order valence-electron chi connectivity index (χ1n) is 8.49. The van der Waals surface area contributed by atoms with Gasteiger partial charge >= 0.3 is 5.97 Å². The Balaban J connectivity index is 1.79. The van der Waals surface area contributed by atoms with Gasteiger partial charge in [-0.1, -0.05) is 37.3 Å². The lowest BCUT2D eigenvalue weighted by Gasteiger charge is -2.11. The van der Waals surface area contributed by atoms with Crippen molar-refractivity contribution in [3.63, 3.8) is 0 Å². The summed E-state index contributed by atoms with van der Waals surface area (Å²) in [6.07, 6.45) is 0.779. The van der Waals surface area contributed by atoms with Gasteiger partial charge in [-0.15, -0.1) is 0 Å². The summed E-state index contributed by atoms with van der Waals surface area (Å²) in [4.78, 5) is 35.8. The van der Waals surface area contributed by atoms with Gasteiger partial charge in [0.05, 0.1) is 13.7 Å². The Labute approximate surface area is 157 Å². The second-order valence-electron chi connectivity index (χ2n) is 5.61. The third-order valence-corrected chi connectivity index (χ3v) is 3.78. The number of carbonyl (C=O) groups is 3. The fraction of sp³-hybridized carbons (Fsp3) is 0.250. The van der Waals surface area contributed by atoms with Crippen LogP contribution in [0.4, 0.5) is 5.69 Å². The molecule has 142 valence electrons. The number of benzene rings is 2. The molecule has 0 aromatic heterocycles. The smallest absolute Gasteiger partial charge is 0.342 e. The predicted octanol–water partition coefficient (Wildman–Crippen LogP) is 2.17. The Kier molecular flexibility index (Phi) is 7.37. The molecule has 7 heteroatoms. The number of hydrogen-bond acceptors (Lipinski definition) is 5. The number of hydrogen-bond donors (Lipinski definition) is 2. The number of anilines is 1. The number of amides is 2. The summed E-state index contributed by atoms with van der Waals surface area (Å²) in [5, 5.41) is 5.16. The van der Waals surface area contributed by atoms with Crippen LogP contribution in [0.3, 0.4) is 0 Å². The maximum absolute atomic E-state index is 12.0. The summed E-state index contributed by atoms with van der Waals surface area (Å²) in [5.41, 5.74) is 1.94. The van der Waals surface area contributed by atoms with Gasteiger partial charge in [-0.25, -0.2) is 4.79 Å². The van der Waals surface area contributed by atoms with Crippen molar-refractivity contribution in [2.75, 3.05) is 25.6 Å². The highest BCUT2D eigenvalue weighted by Gasteiger charge is 2.15. The van der Waals surface area contributed by atoms with Crippen LogP contribution in [0, 0.1) is 0 Å². The van der Waals surface area contributed by atoms with E-state index in [4.69, 9.17) is 9.47 Å². The number of para-hydroxylation sites is 2. The summed E-state index contributed by atoms with van der Waals surface area (Å²) >= 11 is 0. The standard InChI is InChI=1S/C20H22N2O5/c1-3-14-8-4-6-10-16(14)22-18(23)12-21-19(24)13-27-20(25)15-9-5-7-11-17(15)26-2/h4-11H,3,12-13H2,1-2H3,(H,21,24)(H,22,23). The van der Waals surface area contributed by atoms with Crippen molar-refractivity contribution in [1.29, 1.82) is 0 Å². The van der Waals surface area contributed by atoms with Gasteiger partial charge in [-0.05, 0) is 30.2 Å². The SMILES string of the molecule is CCc1ccccc1NC(=O)CNC(=O)COC(=O)c1ccccc1OC. The van der Waals surface area contributed by atoms with Gasteiger partial charge in [0.25, 0.3) is 5.91 Å². The lowest BCUT2D eigenvalue weighted by molar-refractivity contribution is -0.126. The first-order chi connectivity index (χ1) is 13.0. The molecule has 0 aliphatic rings. The van der Waals surface area contributed by atoms with Crippen LogP contribution in [0.5, 0.6) is 5.75 Å². The van der Waals surface area contributed by atoms with E-state index in [1.807, 2.05) is 25.1 Å². The molecule has 0 saturated carbocycles. The Morgan fingerprint density at radius 1 is 0.963 bits per heavy atom. The molecule has 2 amide bonds. The first-order valence-corrected chi connectivity index (χ1v) is 8.49. The molecule has 0 bridgehead atoms. The van der Waals surface area contributed by atoms with Crippen LogP contribution in [0.25, 0.3) is 0 Å². The van der Waals surface area contributed by atoms with Crippen molar-refractivity contribution in [3.8, 4) is 5.75 Å². The molecule has 2 aromatic carbocycles. The maximum atomic E-state index is 12.0. The first kappa shape index (κ1) is 20.0. The zero-order chi connectivity index (χ0) is 19.6. The van der Waals surface area contributed by atoms with Crippen LogP contribution < -0.4 is 15.4 Å². The number of carbonyl (C=O) groups excluding carboxylic acids is 3. The Morgan fingerprint density at radius 3 is 2.41 bits per heavy atom. The molecule has 27 heavy (non-hydrogen) atoms. The maximum Gasteiger partial charge on any atom is 0.342 e. The minimum Gasteiger partial charge on any atom is -0.496 e. The Hall–Kier alpha value is -3.35. The normalized spacial score (nSPS) is 10.0. The highest BCUT2D eigenvalue weighted by Crippen LogP contribution is 2.18. The molecule has 0 unspecified atom stereocenters. The van der Waals surface area contributed by atoms with E-state index < -0.39 is 18.5 Å². The van der Waals surface area contributed by atoms with Gasteiger partial charge in [0.1, 0.15) is 11.3 Å². The quantitative estimate of drug-likeness (QED) is 0.695. The Morgan fingerprint density at radius 2 is 1.67 bits per heavy atom. The van der Waals surface area contributed by atoms with E-state index in [9.17, 15) is 14.4 Å². The molecule has 0 saturated heterocycles. The molecule has 2 aromatic rings. The van der Waals surface area contributed by atoms with Gasteiger partial charge in [-0.3, -0.25) is 9.59 Å². The average molecular weight is 370 g/mol. The van der Waals surface area contributed by atoms with E-state index >= 15 is 0 Å². The molecule has 0 aliphatic heterocycles. The van der Waals surface area contributed by atoms with Gasteiger partial charge in [0.15, 0.2) is 6.61 Å². The largest absolute Gasteiger partial charge is 0.496 e. The highest BCUT2D eigenvalue weighted by atomic mass is 16.5. The predicted molar refractivity (Wildman–Crippen MR) is 101 cm³/mol. The van der Waals surface area contributed by atoms with E-state index in [-0.39, 0.29) is 18.0 Å². The summed E-state index contributed by atoms with van der Waals surface area (Å²) in [6, 6.07) is 14.0. The molecular weight excluding hydrogens is 348 g/mol. The topological polar surface area (TPSA) is 93.7 Å². The van der Waals surface area contributed by atoms with Crippen molar-refractivity contribution in [3.05, 3.63) is 59.7 Å². The van der Waals surface area contributed by atoms with Crippen LogP contribution in [0.1, 0.15) is 22.8 Å². The van der Waals surface area contributed by atoms with E-state index in [1.165, 1.54) is 13.2 Å². The third-order valence-electron chi connectivity index (χ3n) is 3.78. The summed E-state index contributed by atoms with van der Waals surface area (Å²) < 4.78 is 10.0. The lowest BCUT2D eigenvalue weighted by atomic mass is 10.1. The van der Waals surface area contributed by atoms with Crippen LogP contribution in [-0.4, -0.2) is 38.0 Å². The van der Waals surface area contributed by atoms with Crippen molar-refractivity contribution < 1.29 is 23.9 Å². The molecule has 0 atom stereocenters. The monoisotopic (exact) mass is 370 g/mol. The van der Waals surface area contributed by atoms with E-state index in [1.54, 1.807) is 24.3 Å². The fourth-order valence-corrected chi connectivity index (χ4v) is 2.40. The van der Waals surface area contributed by atoms with Gasteiger partial charge < -0.3 is 20.1 Å². The number of methoxy groups -OCH3 is 1. The molecule has 2 rings (SSSR count). The molecule has 0 heterocycles. The summed E-state index contributed by atoms with van der Waals surface area (Å²) in [5.74, 6) is -1.25. The van der Waals surface area contributed by atoms with Gasteiger partial charge in [-0.2, -0.15) is 0 Å². The minimum atomic E-state index is -0.677. The van der Waals surface area contributed by atoms with Crippen molar-refractivity contribution in [2.24, 2.45) is 0 Å². The Bertz CT molecular complexity index is 820. The molecule has 7 nitrogen and oxygen atoms in total. The molecule has 0 fully saturated rings. The molecule has 0 aliphatic carbocycles. The third kappa shape index (κ3) is 5.85. The second kappa shape index (κ2) is 9.96.